The van der Waals surface area contributed by atoms with Gasteiger partial charge in [-0.1, -0.05) is 38.4 Å². The molecule has 2 aromatic rings. The number of aromatic nitrogens is 1. The molecule has 2 aromatic heterocycles. The fourth-order valence-electron chi connectivity index (χ4n) is 2.92. The molecule has 5 nitrogen and oxygen atoms in total. The van der Waals surface area contributed by atoms with E-state index < -0.39 is 20.7 Å². The van der Waals surface area contributed by atoms with Gasteiger partial charge in [0.05, 0.1) is 28.1 Å². The maximum absolute atomic E-state index is 11.0. The molecule has 3 rings (SSSR count). The van der Waals surface area contributed by atoms with Crippen molar-refractivity contribution in [1.82, 2.24) is 4.98 Å². The number of aliphatic hydroxyl groups is 1. The lowest BCUT2D eigenvalue weighted by molar-refractivity contribution is -0.0414. The summed E-state index contributed by atoms with van der Waals surface area (Å²) < 4.78 is 17.9. The van der Waals surface area contributed by atoms with Gasteiger partial charge in [-0.3, -0.25) is 4.98 Å². The average Bonchev–Trinajstić information content (AvgIpc) is 3.30. The number of aliphatic hydroxyl groups excluding tert-OH is 1. The van der Waals surface area contributed by atoms with E-state index in [0.717, 1.165) is 10.4 Å². The highest BCUT2D eigenvalue weighted by Gasteiger charge is 2.37. The minimum atomic E-state index is -1.82. The van der Waals surface area contributed by atoms with Crippen LogP contribution in [0.3, 0.4) is 0 Å². The summed E-state index contributed by atoms with van der Waals surface area (Å²) in [6, 6.07) is 5.74. The van der Waals surface area contributed by atoms with Crippen molar-refractivity contribution in [1.29, 1.82) is 0 Å². The van der Waals surface area contributed by atoms with Crippen molar-refractivity contribution in [3.8, 4) is 0 Å². The summed E-state index contributed by atoms with van der Waals surface area (Å²) in [5.74, 6) is 0. The number of ether oxygens (including phenoxy) is 2. The predicted molar refractivity (Wildman–Crippen MR) is 119 cm³/mol. The van der Waals surface area contributed by atoms with Crippen LogP contribution in [0.4, 0.5) is 0 Å². The van der Waals surface area contributed by atoms with Crippen molar-refractivity contribution in [2.24, 2.45) is 0 Å². The van der Waals surface area contributed by atoms with Crippen LogP contribution >= 0.6 is 22.9 Å². The summed E-state index contributed by atoms with van der Waals surface area (Å²) in [6.45, 7) is 12.9. The van der Waals surface area contributed by atoms with Gasteiger partial charge in [0.1, 0.15) is 6.10 Å². The highest BCUT2D eigenvalue weighted by atomic mass is 35.5. The van der Waals surface area contributed by atoms with E-state index >= 15 is 0 Å². The van der Waals surface area contributed by atoms with Crippen LogP contribution in [0.2, 0.25) is 22.5 Å². The highest BCUT2D eigenvalue weighted by Crippen LogP contribution is 2.40. The van der Waals surface area contributed by atoms with E-state index in [1.807, 2.05) is 18.2 Å². The molecule has 8 heteroatoms. The molecule has 160 valence electrons. The fourth-order valence-corrected chi connectivity index (χ4v) is 5.30. The van der Waals surface area contributed by atoms with Gasteiger partial charge in [0.15, 0.2) is 14.6 Å². The first-order chi connectivity index (χ1) is 13.6. The Balaban J connectivity index is 1.75. The van der Waals surface area contributed by atoms with Gasteiger partial charge in [-0.05, 0) is 42.2 Å². The Bertz CT molecular complexity index is 830. The Hall–Kier alpha value is -0.803. The zero-order valence-electron chi connectivity index (χ0n) is 17.7. The second-order valence-electron chi connectivity index (χ2n) is 8.76. The number of pyridine rings is 1. The van der Waals surface area contributed by atoms with Crippen molar-refractivity contribution < 1.29 is 19.0 Å². The lowest BCUT2D eigenvalue weighted by Gasteiger charge is -2.36. The van der Waals surface area contributed by atoms with Crippen molar-refractivity contribution in [2.75, 3.05) is 19.8 Å². The predicted octanol–water partition coefficient (Wildman–Crippen LogP) is 5.49. The van der Waals surface area contributed by atoms with Gasteiger partial charge in [0.2, 0.25) is 0 Å². The number of thiophene rings is 1. The van der Waals surface area contributed by atoms with Gasteiger partial charge in [0.25, 0.3) is 0 Å². The van der Waals surface area contributed by atoms with E-state index in [0.29, 0.717) is 41.8 Å². The molecular formula is C21H30ClNO4SSi. The molecule has 0 radical (unpaired) electrons. The molecule has 0 aliphatic carbocycles. The monoisotopic (exact) mass is 455 g/mol. The highest BCUT2D eigenvalue weighted by molar-refractivity contribution is 7.16. The van der Waals surface area contributed by atoms with Gasteiger partial charge in [-0.2, -0.15) is 0 Å². The van der Waals surface area contributed by atoms with E-state index in [2.05, 4.69) is 38.8 Å². The summed E-state index contributed by atoms with van der Waals surface area (Å²) in [6.07, 6.45) is 1.08. The fraction of sp³-hybridized carbons (Fsp3) is 0.571. The maximum atomic E-state index is 11.0. The van der Waals surface area contributed by atoms with E-state index in [1.165, 1.54) is 11.3 Å². The number of hydrogen-bond donors (Lipinski definition) is 1. The van der Waals surface area contributed by atoms with Gasteiger partial charge in [0, 0.05) is 18.4 Å². The van der Waals surface area contributed by atoms with Crippen LogP contribution in [0, 0.1) is 0 Å². The molecule has 0 saturated carbocycles. The van der Waals surface area contributed by atoms with Crippen LogP contribution in [0.5, 0.6) is 0 Å². The van der Waals surface area contributed by atoms with Crippen LogP contribution in [0.25, 0.3) is 0 Å². The van der Waals surface area contributed by atoms with Gasteiger partial charge >= 0.3 is 0 Å². The molecule has 1 atom stereocenters. The van der Waals surface area contributed by atoms with Crippen LogP contribution in [0.1, 0.15) is 54.9 Å². The molecule has 1 aliphatic rings. The third kappa shape index (κ3) is 5.28. The van der Waals surface area contributed by atoms with Crippen LogP contribution in [-0.4, -0.2) is 38.2 Å². The Morgan fingerprint density at radius 3 is 2.69 bits per heavy atom. The van der Waals surface area contributed by atoms with Crippen molar-refractivity contribution in [3.05, 3.63) is 50.4 Å². The molecule has 1 aliphatic heterocycles. The first-order valence-corrected chi connectivity index (χ1v) is 14.0. The minimum Gasteiger partial charge on any atom is -0.416 e. The second kappa shape index (κ2) is 9.14. The number of halogens is 1. The first kappa shape index (κ1) is 22.9. The SMILES string of the molecule is CC(C)(C)[Si](C)(C)OCCc1cccnc1C(O)c1cc(C2OCCO2)sc1Cl. The molecule has 29 heavy (non-hydrogen) atoms. The van der Waals surface area contributed by atoms with Gasteiger partial charge in [-0.25, -0.2) is 0 Å². The average molecular weight is 456 g/mol. The smallest absolute Gasteiger partial charge is 0.193 e. The lowest BCUT2D eigenvalue weighted by atomic mass is 10.0. The molecule has 1 saturated heterocycles. The van der Waals surface area contributed by atoms with Crippen LogP contribution in [-0.2, 0) is 20.3 Å². The summed E-state index contributed by atoms with van der Waals surface area (Å²) in [5.41, 5.74) is 2.22. The third-order valence-corrected chi connectivity index (χ3v) is 11.7. The first-order valence-electron chi connectivity index (χ1n) is 9.88. The van der Waals surface area contributed by atoms with Crippen LogP contribution < -0.4 is 0 Å². The number of hydrogen-bond acceptors (Lipinski definition) is 6. The van der Waals surface area contributed by atoms with E-state index in [4.69, 9.17) is 25.5 Å². The second-order valence-corrected chi connectivity index (χ2v) is 15.3. The number of nitrogens with zero attached hydrogens (tertiary/aromatic N) is 1. The van der Waals surface area contributed by atoms with E-state index in [9.17, 15) is 5.11 Å². The molecule has 0 aromatic carbocycles. The molecule has 1 fully saturated rings. The summed E-state index contributed by atoms with van der Waals surface area (Å²) in [4.78, 5) is 5.32. The Kier molecular flexibility index (Phi) is 7.21. The van der Waals surface area contributed by atoms with Crippen molar-refractivity contribution >= 4 is 31.3 Å². The zero-order chi connectivity index (χ0) is 21.2. The minimum absolute atomic E-state index is 0.162. The summed E-state index contributed by atoms with van der Waals surface area (Å²) in [5, 5.41) is 11.2. The summed E-state index contributed by atoms with van der Waals surface area (Å²) >= 11 is 7.81. The van der Waals surface area contributed by atoms with E-state index in [-0.39, 0.29) is 5.04 Å². The lowest BCUT2D eigenvalue weighted by Crippen LogP contribution is -2.41. The third-order valence-electron chi connectivity index (χ3n) is 5.71. The summed E-state index contributed by atoms with van der Waals surface area (Å²) in [7, 11) is -1.82. The van der Waals surface area contributed by atoms with Crippen LogP contribution in [0.15, 0.2) is 24.4 Å². The zero-order valence-corrected chi connectivity index (χ0v) is 20.3. The van der Waals surface area contributed by atoms with Gasteiger partial charge < -0.3 is 19.0 Å². The Morgan fingerprint density at radius 1 is 1.34 bits per heavy atom. The normalized spacial score (nSPS) is 17.1. The molecule has 0 amide bonds. The Morgan fingerprint density at radius 2 is 2.03 bits per heavy atom. The topological polar surface area (TPSA) is 60.8 Å². The number of rotatable bonds is 7. The van der Waals surface area contributed by atoms with E-state index in [1.54, 1.807) is 6.20 Å². The van der Waals surface area contributed by atoms with Crippen molar-refractivity contribution in [3.63, 3.8) is 0 Å². The molecule has 1 unspecified atom stereocenters. The standard InChI is InChI=1S/C21H30ClNO4SSi/c1-21(2,3)29(4,5)27-10-8-14-7-6-9-23-17(14)18(24)15-13-16(28-19(15)22)20-25-11-12-26-20/h6-7,9,13,18,20,24H,8,10-12H2,1-5H3. The largest absolute Gasteiger partial charge is 0.416 e. The van der Waals surface area contributed by atoms with Crippen molar-refractivity contribution in [2.45, 2.75) is 57.7 Å². The maximum Gasteiger partial charge on any atom is 0.193 e. The quantitative estimate of drug-likeness (QED) is 0.559. The molecule has 3 heterocycles. The molecular weight excluding hydrogens is 426 g/mol. The molecule has 1 N–H and O–H groups in total. The Labute approximate surface area is 183 Å². The van der Waals surface area contributed by atoms with Gasteiger partial charge in [-0.15, -0.1) is 11.3 Å². The molecule has 0 spiro atoms. The molecule has 0 bridgehead atoms.